The molecule has 0 N–H and O–H groups in total. The standard InChI is InChI=1S/C22H20FN3O/c1-2-14-25(16-18-8-11-20(23)12-9-18)22(27)13-10-19-15-24-26(17-19)21-6-4-3-5-7-21/h1,3-9,11-12,15,17H,10,13-14,16H2. The number of hydrogen-bond donors (Lipinski definition) is 0. The van der Waals surface area contributed by atoms with E-state index in [1.165, 1.54) is 12.1 Å². The van der Waals surface area contributed by atoms with E-state index in [1.54, 1.807) is 27.9 Å². The molecule has 0 bridgehead atoms. The lowest BCUT2D eigenvalue weighted by atomic mass is 10.1. The van der Waals surface area contributed by atoms with Crippen molar-refractivity contribution in [2.75, 3.05) is 6.54 Å². The first kappa shape index (κ1) is 18.4. The highest BCUT2D eigenvalue weighted by Gasteiger charge is 2.14. The maximum atomic E-state index is 13.0. The average Bonchev–Trinajstić information content (AvgIpc) is 3.17. The molecule has 0 aliphatic heterocycles. The summed E-state index contributed by atoms with van der Waals surface area (Å²) in [4.78, 5) is 14.2. The van der Waals surface area contributed by atoms with E-state index in [9.17, 15) is 9.18 Å². The number of amides is 1. The van der Waals surface area contributed by atoms with Gasteiger partial charge in [-0.3, -0.25) is 4.79 Å². The molecule has 0 aliphatic carbocycles. The van der Waals surface area contributed by atoms with E-state index in [4.69, 9.17) is 6.42 Å². The van der Waals surface area contributed by atoms with E-state index in [-0.39, 0.29) is 18.3 Å². The highest BCUT2D eigenvalue weighted by molar-refractivity contribution is 5.76. The number of carbonyl (C=O) groups is 1. The topological polar surface area (TPSA) is 38.1 Å². The number of nitrogens with zero attached hydrogens (tertiary/aromatic N) is 3. The van der Waals surface area contributed by atoms with Crippen molar-refractivity contribution >= 4 is 5.91 Å². The Morgan fingerprint density at radius 1 is 1.11 bits per heavy atom. The van der Waals surface area contributed by atoms with Crippen molar-refractivity contribution in [3.63, 3.8) is 0 Å². The smallest absolute Gasteiger partial charge is 0.223 e. The SMILES string of the molecule is C#CCN(Cc1ccc(F)cc1)C(=O)CCc1cnn(-c2ccccc2)c1. The van der Waals surface area contributed by atoms with Crippen LogP contribution in [0.5, 0.6) is 0 Å². The number of aryl methyl sites for hydroxylation is 1. The number of carbonyl (C=O) groups excluding carboxylic acids is 1. The van der Waals surface area contributed by atoms with Crippen LogP contribution in [0, 0.1) is 18.2 Å². The van der Waals surface area contributed by atoms with Gasteiger partial charge in [0.25, 0.3) is 0 Å². The predicted octanol–water partition coefficient (Wildman–Crippen LogP) is 3.61. The van der Waals surface area contributed by atoms with Crippen LogP contribution in [0.4, 0.5) is 4.39 Å². The Bertz CT molecular complexity index is 926. The fraction of sp³-hybridized carbons (Fsp3) is 0.182. The van der Waals surface area contributed by atoms with Crippen LogP contribution in [0.15, 0.2) is 67.0 Å². The number of terminal acetylenes is 1. The molecular weight excluding hydrogens is 341 g/mol. The zero-order valence-electron chi connectivity index (χ0n) is 14.9. The Morgan fingerprint density at radius 3 is 2.56 bits per heavy atom. The molecule has 3 aromatic rings. The first-order chi connectivity index (χ1) is 13.2. The first-order valence-corrected chi connectivity index (χ1v) is 8.70. The van der Waals surface area contributed by atoms with Gasteiger partial charge in [0.15, 0.2) is 0 Å². The van der Waals surface area contributed by atoms with Crippen LogP contribution >= 0.6 is 0 Å². The number of para-hydroxylation sites is 1. The second kappa shape index (κ2) is 8.81. The summed E-state index contributed by atoms with van der Waals surface area (Å²) >= 11 is 0. The molecule has 0 fully saturated rings. The van der Waals surface area contributed by atoms with Gasteiger partial charge in [-0.05, 0) is 41.8 Å². The van der Waals surface area contributed by atoms with E-state index < -0.39 is 0 Å². The number of halogens is 1. The van der Waals surface area contributed by atoms with Crippen LogP contribution < -0.4 is 0 Å². The van der Waals surface area contributed by atoms with Gasteiger partial charge < -0.3 is 4.90 Å². The number of aromatic nitrogens is 2. The van der Waals surface area contributed by atoms with Crippen LogP contribution in [0.3, 0.4) is 0 Å². The maximum absolute atomic E-state index is 13.0. The van der Waals surface area contributed by atoms with Crippen molar-refractivity contribution < 1.29 is 9.18 Å². The van der Waals surface area contributed by atoms with Gasteiger partial charge in [0, 0.05) is 19.2 Å². The molecule has 4 nitrogen and oxygen atoms in total. The third-order valence-corrected chi connectivity index (χ3v) is 4.21. The Morgan fingerprint density at radius 2 is 1.85 bits per heavy atom. The molecule has 0 unspecified atom stereocenters. The molecule has 0 saturated carbocycles. The molecule has 27 heavy (non-hydrogen) atoms. The fourth-order valence-corrected chi connectivity index (χ4v) is 2.77. The molecule has 1 aromatic heterocycles. The summed E-state index contributed by atoms with van der Waals surface area (Å²) in [6, 6.07) is 15.9. The molecule has 0 spiro atoms. The average molecular weight is 361 g/mol. The van der Waals surface area contributed by atoms with Crippen molar-refractivity contribution in [2.45, 2.75) is 19.4 Å². The monoisotopic (exact) mass is 361 g/mol. The van der Waals surface area contributed by atoms with Crippen molar-refractivity contribution in [1.82, 2.24) is 14.7 Å². The van der Waals surface area contributed by atoms with Gasteiger partial charge in [0.2, 0.25) is 5.91 Å². The van der Waals surface area contributed by atoms with E-state index >= 15 is 0 Å². The minimum Gasteiger partial charge on any atom is -0.327 e. The lowest BCUT2D eigenvalue weighted by Gasteiger charge is -2.20. The van der Waals surface area contributed by atoms with Crippen molar-refractivity contribution in [3.05, 3.63) is 83.9 Å². The fourth-order valence-electron chi connectivity index (χ4n) is 2.77. The minimum atomic E-state index is -0.302. The van der Waals surface area contributed by atoms with Crippen LogP contribution in [-0.2, 0) is 17.8 Å². The lowest BCUT2D eigenvalue weighted by Crippen LogP contribution is -2.31. The zero-order valence-corrected chi connectivity index (χ0v) is 14.9. The van der Waals surface area contributed by atoms with E-state index in [0.717, 1.165) is 16.8 Å². The molecule has 5 heteroatoms. The summed E-state index contributed by atoms with van der Waals surface area (Å²) in [6.45, 7) is 0.589. The molecule has 0 saturated heterocycles. The molecule has 0 aliphatic rings. The van der Waals surface area contributed by atoms with E-state index in [2.05, 4.69) is 11.0 Å². The van der Waals surface area contributed by atoms with Gasteiger partial charge in [-0.15, -0.1) is 6.42 Å². The zero-order chi connectivity index (χ0) is 19.1. The van der Waals surface area contributed by atoms with Gasteiger partial charge in [-0.2, -0.15) is 5.10 Å². The summed E-state index contributed by atoms with van der Waals surface area (Å²) in [7, 11) is 0. The second-order valence-corrected chi connectivity index (χ2v) is 6.21. The van der Waals surface area contributed by atoms with Crippen LogP contribution in [-0.4, -0.2) is 27.1 Å². The summed E-state index contributed by atoms with van der Waals surface area (Å²) in [5.74, 6) is 2.18. The molecular formula is C22H20FN3O. The number of hydrogen-bond acceptors (Lipinski definition) is 2. The normalized spacial score (nSPS) is 10.4. The van der Waals surface area contributed by atoms with E-state index in [1.807, 2.05) is 36.5 Å². The summed E-state index contributed by atoms with van der Waals surface area (Å²) in [6.07, 6.45) is 10.0. The second-order valence-electron chi connectivity index (χ2n) is 6.21. The first-order valence-electron chi connectivity index (χ1n) is 8.70. The molecule has 2 aromatic carbocycles. The Hall–Kier alpha value is -3.39. The third kappa shape index (κ3) is 5.05. The van der Waals surface area contributed by atoms with Crippen LogP contribution in [0.1, 0.15) is 17.5 Å². The lowest BCUT2D eigenvalue weighted by molar-refractivity contribution is -0.131. The van der Waals surface area contributed by atoms with Crippen LogP contribution in [0.2, 0.25) is 0 Å². The summed E-state index contributed by atoms with van der Waals surface area (Å²) < 4.78 is 14.8. The maximum Gasteiger partial charge on any atom is 0.223 e. The summed E-state index contributed by atoms with van der Waals surface area (Å²) in [5.41, 5.74) is 2.80. The quantitative estimate of drug-likeness (QED) is 0.603. The summed E-state index contributed by atoms with van der Waals surface area (Å²) in [5, 5.41) is 4.35. The molecule has 0 radical (unpaired) electrons. The third-order valence-electron chi connectivity index (χ3n) is 4.21. The van der Waals surface area contributed by atoms with Gasteiger partial charge in [0.05, 0.1) is 18.4 Å². The Labute approximate surface area is 158 Å². The van der Waals surface area contributed by atoms with Crippen molar-refractivity contribution in [1.29, 1.82) is 0 Å². The molecule has 1 amide bonds. The largest absolute Gasteiger partial charge is 0.327 e. The van der Waals surface area contributed by atoms with Crippen molar-refractivity contribution in [3.8, 4) is 18.0 Å². The van der Waals surface area contributed by atoms with Gasteiger partial charge in [-0.25, -0.2) is 9.07 Å². The van der Waals surface area contributed by atoms with Gasteiger partial charge in [0.1, 0.15) is 5.82 Å². The minimum absolute atomic E-state index is 0.0373. The Balaban J connectivity index is 1.60. The highest BCUT2D eigenvalue weighted by atomic mass is 19.1. The Kier molecular flexibility index (Phi) is 6.01. The van der Waals surface area contributed by atoms with Gasteiger partial charge >= 0.3 is 0 Å². The number of rotatable bonds is 7. The van der Waals surface area contributed by atoms with Crippen LogP contribution in [0.25, 0.3) is 5.69 Å². The highest BCUT2D eigenvalue weighted by Crippen LogP contribution is 2.12. The van der Waals surface area contributed by atoms with Crippen molar-refractivity contribution in [2.24, 2.45) is 0 Å². The van der Waals surface area contributed by atoms with E-state index in [0.29, 0.717) is 19.4 Å². The predicted molar refractivity (Wildman–Crippen MR) is 103 cm³/mol. The molecule has 0 atom stereocenters. The van der Waals surface area contributed by atoms with Gasteiger partial charge in [-0.1, -0.05) is 36.3 Å². The molecule has 3 rings (SSSR count). The molecule has 136 valence electrons. The number of benzene rings is 2. The molecule has 1 heterocycles.